The largest absolute Gasteiger partial charge is 0.768 e. The molecule has 0 spiro atoms. The van der Waals surface area contributed by atoms with Crippen molar-refractivity contribution in [1.82, 2.24) is 0 Å². The minimum Gasteiger partial charge on any atom is -0.768 e. The Hall–Kier alpha value is -1.40. The van der Waals surface area contributed by atoms with E-state index in [0.717, 1.165) is 18.2 Å². The number of phenols is 1. The van der Waals surface area contributed by atoms with Gasteiger partial charge in [-0.25, -0.2) is 4.79 Å². The lowest BCUT2D eigenvalue weighted by molar-refractivity contribution is 0.0693. The Morgan fingerprint density at radius 1 is 1.46 bits per heavy atom. The molecule has 1 atom stereocenters. The van der Waals surface area contributed by atoms with Crippen LogP contribution in [0.3, 0.4) is 0 Å². The SMILES string of the molecule is O=C(O)c1cc(S(=O)[O-])ccc1O. The average Bonchev–Trinajstić information content (AvgIpc) is 2.04. The number of carboxylic acids is 1. The molecule has 1 rings (SSSR count). The molecule has 5 nitrogen and oxygen atoms in total. The monoisotopic (exact) mass is 201 g/mol. The van der Waals surface area contributed by atoms with Gasteiger partial charge in [-0.1, -0.05) is 0 Å². The van der Waals surface area contributed by atoms with Crippen molar-refractivity contribution >= 4 is 17.0 Å². The van der Waals surface area contributed by atoms with Crippen LogP contribution in [0.2, 0.25) is 0 Å². The second kappa shape index (κ2) is 3.55. The Labute approximate surface area is 75.9 Å². The van der Waals surface area contributed by atoms with Crippen LogP contribution in [0.25, 0.3) is 0 Å². The number of benzene rings is 1. The molecule has 0 aliphatic rings. The Morgan fingerprint density at radius 3 is 2.54 bits per heavy atom. The molecule has 0 fully saturated rings. The van der Waals surface area contributed by atoms with Crippen molar-refractivity contribution in [2.24, 2.45) is 0 Å². The molecule has 6 heteroatoms. The number of rotatable bonds is 2. The van der Waals surface area contributed by atoms with Gasteiger partial charge in [0.25, 0.3) is 0 Å². The lowest BCUT2D eigenvalue weighted by Crippen LogP contribution is -1.99. The molecule has 0 amide bonds. The van der Waals surface area contributed by atoms with Crippen LogP contribution in [-0.2, 0) is 11.1 Å². The topological polar surface area (TPSA) is 97.7 Å². The quantitative estimate of drug-likeness (QED) is 0.672. The summed E-state index contributed by atoms with van der Waals surface area (Å²) in [6.07, 6.45) is 0. The van der Waals surface area contributed by atoms with Gasteiger partial charge in [0.1, 0.15) is 11.3 Å². The zero-order valence-electron chi connectivity index (χ0n) is 6.26. The molecule has 0 radical (unpaired) electrons. The summed E-state index contributed by atoms with van der Waals surface area (Å²) in [5.74, 6) is -1.83. The molecule has 70 valence electrons. The minimum absolute atomic E-state index is 0.171. The van der Waals surface area contributed by atoms with Gasteiger partial charge < -0.3 is 14.8 Å². The summed E-state index contributed by atoms with van der Waals surface area (Å²) in [5.41, 5.74) is -0.429. The fraction of sp³-hybridized carbons (Fsp3) is 0. The van der Waals surface area contributed by atoms with Gasteiger partial charge in [0.2, 0.25) is 0 Å². The molecule has 0 bridgehead atoms. The third kappa shape index (κ3) is 2.04. The summed E-state index contributed by atoms with van der Waals surface area (Å²) in [6, 6.07) is 3.03. The number of aromatic carboxylic acids is 1. The highest BCUT2D eigenvalue weighted by Crippen LogP contribution is 2.19. The molecule has 1 unspecified atom stereocenters. The van der Waals surface area contributed by atoms with Crippen LogP contribution in [0.4, 0.5) is 0 Å². The van der Waals surface area contributed by atoms with Crippen LogP contribution in [0.5, 0.6) is 5.75 Å². The van der Waals surface area contributed by atoms with E-state index in [1.807, 2.05) is 0 Å². The maximum absolute atomic E-state index is 10.4. The van der Waals surface area contributed by atoms with E-state index in [1.54, 1.807) is 0 Å². The van der Waals surface area contributed by atoms with E-state index in [1.165, 1.54) is 0 Å². The Balaban J connectivity index is 3.27. The number of carboxylic acid groups (broad SMARTS) is 1. The molecule has 0 aliphatic heterocycles. The predicted molar refractivity (Wildman–Crippen MR) is 42.3 cm³/mol. The van der Waals surface area contributed by atoms with Gasteiger partial charge in [-0.3, -0.25) is 4.21 Å². The number of carbonyl (C=O) groups is 1. The van der Waals surface area contributed by atoms with Gasteiger partial charge >= 0.3 is 5.97 Å². The van der Waals surface area contributed by atoms with Gasteiger partial charge in [0, 0.05) is 4.90 Å². The average molecular weight is 201 g/mol. The summed E-state index contributed by atoms with van der Waals surface area (Å²) >= 11 is -2.49. The molecule has 0 aromatic heterocycles. The first kappa shape index (κ1) is 9.69. The van der Waals surface area contributed by atoms with E-state index in [0.29, 0.717) is 0 Å². The maximum Gasteiger partial charge on any atom is 0.339 e. The molecular formula is C7H5O5S-. The van der Waals surface area contributed by atoms with Crippen molar-refractivity contribution in [1.29, 1.82) is 0 Å². The van der Waals surface area contributed by atoms with Crippen LogP contribution in [0.15, 0.2) is 23.1 Å². The summed E-state index contributed by atoms with van der Waals surface area (Å²) in [7, 11) is 0. The zero-order chi connectivity index (χ0) is 10.0. The zero-order valence-corrected chi connectivity index (χ0v) is 7.08. The third-order valence-corrected chi connectivity index (χ3v) is 2.03. The van der Waals surface area contributed by atoms with E-state index >= 15 is 0 Å². The van der Waals surface area contributed by atoms with Gasteiger partial charge in [-0.15, -0.1) is 0 Å². The molecule has 1 aromatic rings. The summed E-state index contributed by atoms with van der Waals surface area (Å²) < 4.78 is 20.8. The Kier molecular flexibility index (Phi) is 2.64. The van der Waals surface area contributed by atoms with E-state index in [4.69, 9.17) is 10.2 Å². The van der Waals surface area contributed by atoms with E-state index in [9.17, 15) is 13.6 Å². The molecule has 0 saturated heterocycles. The van der Waals surface area contributed by atoms with Crippen molar-refractivity contribution < 1.29 is 23.8 Å². The fourth-order valence-corrected chi connectivity index (χ4v) is 1.18. The van der Waals surface area contributed by atoms with Crippen LogP contribution in [0.1, 0.15) is 10.4 Å². The second-order valence-electron chi connectivity index (χ2n) is 2.22. The standard InChI is InChI=1S/C7H6O5S/c8-6-2-1-4(13(11)12)3-5(6)7(9)10/h1-3,8H,(H,9,10)(H,11,12)/p-1. The van der Waals surface area contributed by atoms with Crippen LogP contribution in [-0.4, -0.2) is 24.9 Å². The highest BCUT2D eigenvalue weighted by Gasteiger charge is 2.09. The van der Waals surface area contributed by atoms with Crippen LogP contribution < -0.4 is 0 Å². The highest BCUT2D eigenvalue weighted by molar-refractivity contribution is 7.79. The van der Waals surface area contributed by atoms with Gasteiger partial charge in [-0.05, 0) is 29.3 Å². The van der Waals surface area contributed by atoms with Gasteiger partial charge in [-0.2, -0.15) is 0 Å². The number of hydrogen-bond donors (Lipinski definition) is 2. The predicted octanol–water partition coefficient (Wildman–Crippen LogP) is 0.328. The minimum atomic E-state index is -2.49. The van der Waals surface area contributed by atoms with Gasteiger partial charge in [0.05, 0.1) is 0 Å². The van der Waals surface area contributed by atoms with Crippen molar-refractivity contribution in [2.75, 3.05) is 0 Å². The smallest absolute Gasteiger partial charge is 0.339 e. The fourth-order valence-electron chi connectivity index (χ4n) is 0.790. The van der Waals surface area contributed by atoms with E-state index in [2.05, 4.69) is 0 Å². The number of aromatic hydroxyl groups is 1. The number of hydrogen-bond acceptors (Lipinski definition) is 4. The summed E-state index contributed by atoms with van der Waals surface area (Å²) in [6.45, 7) is 0. The van der Waals surface area contributed by atoms with Crippen molar-refractivity contribution in [3.63, 3.8) is 0 Å². The lowest BCUT2D eigenvalue weighted by atomic mass is 10.2. The van der Waals surface area contributed by atoms with E-state index < -0.39 is 28.4 Å². The highest BCUT2D eigenvalue weighted by atomic mass is 32.2. The Bertz CT molecular complexity index is 373. The molecular weight excluding hydrogens is 196 g/mol. The molecule has 1 aromatic carbocycles. The molecule has 2 N–H and O–H groups in total. The Morgan fingerprint density at radius 2 is 2.08 bits per heavy atom. The van der Waals surface area contributed by atoms with Crippen molar-refractivity contribution in [3.05, 3.63) is 23.8 Å². The van der Waals surface area contributed by atoms with Crippen LogP contribution >= 0.6 is 0 Å². The first-order valence-corrected chi connectivity index (χ1v) is 4.25. The summed E-state index contributed by atoms with van der Waals surface area (Å²) in [4.78, 5) is 10.3. The normalized spacial score (nSPS) is 12.4. The van der Waals surface area contributed by atoms with E-state index in [-0.39, 0.29) is 4.90 Å². The van der Waals surface area contributed by atoms with Crippen molar-refractivity contribution in [3.8, 4) is 5.75 Å². The van der Waals surface area contributed by atoms with Crippen molar-refractivity contribution in [2.45, 2.75) is 4.90 Å². The molecule has 0 saturated carbocycles. The first-order chi connectivity index (χ1) is 6.02. The third-order valence-electron chi connectivity index (χ3n) is 1.39. The van der Waals surface area contributed by atoms with Gasteiger partial charge in [0.15, 0.2) is 0 Å². The lowest BCUT2D eigenvalue weighted by Gasteiger charge is -2.06. The summed E-state index contributed by atoms with van der Waals surface area (Å²) in [5, 5.41) is 17.5. The van der Waals surface area contributed by atoms with Crippen LogP contribution in [0, 0.1) is 0 Å². The second-order valence-corrected chi connectivity index (χ2v) is 3.16. The molecule has 0 aliphatic carbocycles. The first-order valence-electron chi connectivity index (χ1n) is 3.18. The molecule has 0 heterocycles. The molecule has 13 heavy (non-hydrogen) atoms. The maximum atomic E-state index is 10.4.